The lowest BCUT2D eigenvalue weighted by Crippen LogP contribution is -2.32. The van der Waals surface area contributed by atoms with Gasteiger partial charge in [0.1, 0.15) is 7.05 Å². The molecule has 0 saturated carbocycles. The van der Waals surface area contributed by atoms with E-state index in [1.54, 1.807) is 0 Å². The predicted molar refractivity (Wildman–Crippen MR) is 136 cm³/mol. The lowest BCUT2D eigenvalue weighted by molar-refractivity contribution is -0.658. The molecule has 0 N–H and O–H groups in total. The summed E-state index contributed by atoms with van der Waals surface area (Å²) in [5.41, 5.74) is 10.3. The minimum Gasteiger partial charge on any atom is -0.261 e. The van der Waals surface area contributed by atoms with Gasteiger partial charge in [0.25, 0.3) is 0 Å². The Morgan fingerprint density at radius 3 is 2.34 bits per heavy atom. The molecule has 164 valence electrons. The number of pyridine rings is 2. The summed E-state index contributed by atoms with van der Waals surface area (Å²) in [4.78, 5) is 4.64. The Morgan fingerprint density at radius 1 is 0.938 bits per heavy atom. The fourth-order valence-corrected chi connectivity index (χ4v) is 4.49. The third kappa shape index (κ3) is 3.95. The molecule has 0 aliphatic rings. The van der Waals surface area contributed by atoms with E-state index in [4.69, 9.17) is 0 Å². The summed E-state index contributed by atoms with van der Waals surface area (Å²) < 4.78 is 2.31. The maximum atomic E-state index is 4.64. The second-order valence-corrected chi connectivity index (χ2v) is 10.4. The third-order valence-corrected chi connectivity index (χ3v) is 6.60. The van der Waals surface area contributed by atoms with Crippen molar-refractivity contribution in [1.29, 1.82) is 0 Å². The molecule has 0 radical (unpaired) electrons. The van der Waals surface area contributed by atoms with Gasteiger partial charge in [-0.3, -0.25) is 4.98 Å². The predicted octanol–water partition coefficient (Wildman–Crippen LogP) is 7.43. The summed E-state index contributed by atoms with van der Waals surface area (Å²) >= 11 is 0. The smallest absolute Gasteiger partial charge is 0.221 e. The second kappa shape index (κ2) is 8.16. The maximum Gasteiger partial charge on any atom is 0.221 e. The molecule has 0 aliphatic heterocycles. The molecule has 0 saturated heterocycles. The monoisotopic (exact) mass is 423 g/mol. The minimum absolute atomic E-state index is 0.0876. The molecule has 0 atom stereocenters. The molecule has 0 bridgehead atoms. The van der Waals surface area contributed by atoms with Crippen LogP contribution in [0, 0.1) is 13.8 Å². The molecule has 0 aliphatic carbocycles. The molecule has 0 unspecified atom stereocenters. The first-order chi connectivity index (χ1) is 15.1. The van der Waals surface area contributed by atoms with E-state index in [9.17, 15) is 0 Å². The first-order valence-electron chi connectivity index (χ1n) is 11.6. The van der Waals surface area contributed by atoms with Crippen molar-refractivity contribution in [3.63, 3.8) is 0 Å². The van der Waals surface area contributed by atoms with Crippen LogP contribution in [0.3, 0.4) is 0 Å². The summed E-state index contributed by atoms with van der Waals surface area (Å²) in [5.74, 6) is 0.385. The van der Waals surface area contributed by atoms with E-state index in [-0.39, 0.29) is 5.41 Å². The number of rotatable bonds is 3. The standard InChI is InChI=1S/C30H35N2/c1-19(2)27-16-22(13-14-31-27)28-25-12-10-9-11-23(25)18-32(8)29(28)26-17-24(30(5,6)7)15-20(3)21(26)4/h9-19H,1-8H3/q+1. The maximum absolute atomic E-state index is 4.64. The van der Waals surface area contributed by atoms with Gasteiger partial charge in [-0.05, 0) is 71.7 Å². The van der Waals surface area contributed by atoms with Gasteiger partial charge in [-0.1, -0.05) is 58.9 Å². The fraction of sp³-hybridized carbons (Fsp3) is 0.333. The van der Waals surface area contributed by atoms with Crippen LogP contribution in [0.5, 0.6) is 0 Å². The van der Waals surface area contributed by atoms with Crippen LogP contribution < -0.4 is 4.57 Å². The number of hydrogen-bond acceptors (Lipinski definition) is 1. The minimum atomic E-state index is 0.0876. The molecule has 2 nitrogen and oxygen atoms in total. The van der Waals surface area contributed by atoms with Crippen molar-refractivity contribution in [3.8, 4) is 22.4 Å². The largest absolute Gasteiger partial charge is 0.261 e. The highest BCUT2D eigenvalue weighted by molar-refractivity contribution is 6.01. The number of aromatic nitrogens is 2. The van der Waals surface area contributed by atoms with Gasteiger partial charge in [-0.2, -0.15) is 4.57 Å². The molecule has 0 spiro atoms. The van der Waals surface area contributed by atoms with Gasteiger partial charge in [0.05, 0.1) is 11.1 Å². The Balaban J connectivity index is 2.15. The number of benzene rings is 2. The number of aryl methyl sites for hydroxylation is 2. The van der Waals surface area contributed by atoms with Gasteiger partial charge >= 0.3 is 0 Å². The topological polar surface area (TPSA) is 16.8 Å². The first-order valence-corrected chi connectivity index (χ1v) is 11.6. The number of fused-ring (bicyclic) bond motifs is 1. The average molecular weight is 424 g/mol. The van der Waals surface area contributed by atoms with E-state index in [0.29, 0.717) is 5.92 Å². The highest BCUT2D eigenvalue weighted by Gasteiger charge is 2.26. The Morgan fingerprint density at radius 2 is 1.66 bits per heavy atom. The zero-order valence-corrected chi connectivity index (χ0v) is 20.7. The summed E-state index contributed by atoms with van der Waals surface area (Å²) in [7, 11) is 2.17. The molecule has 2 heterocycles. The lowest BCUT2D eigenvalue weighted by Gasteiger charge is -2.23. The Kier molecular flexibility index (Phi) is 5.67. The van der Waals surface area contributed by atoms with Gasteiger partial charge in [0, 0.05) is 22.7 Å². The first kappa shape index (κ1) is 22.2. The number of hydrogen-bond donors (Lipinski definition) is 0. The van der Waals surface area contributed by atoms with Crippen LogP contribution in [0.1, 0.15) is 62.9 Å². The SMILES string of the molecule is Cc1cc(C(C)(C)C)cc(-c2c(-c3ccnc(C(C)C)c3)c3ccccc3c[n+]2C)c1C. The Bertz CT molecular complexity index is 1310. The van der Waals surface area contributed by atoms with Gasteiger partial charge in [-0.25, -0.2) is 0 Å². The zero-order valence-electron chi connectivity index (χ0n) is 20.7. The summed E-state index contributed by atoms with van der Waals surface area (Å²) in [5, 5.41) is 2.53. The van der Waals surface area contributed by atoms with Crippen molar-refractivity contribution >= 4 is 10.8 Å². The van der Waals surface area contributed by atoms with Crippen molar-refractivity contribution in [2.45, 2.75) is 59.8 Å². The molecule has 4 rings (SSSR count). The zero-order chi connectivity index (χ0) is 23.2. The summed E-state index contributed by atoms with van der Waals surface area (Å²) in [6.07, 6.45) is 4.22. The molecule has 0 amide bonds. The molecule has 2 heteroatoms. The van der Waals surface area contributed by atoms with E-state index >= 15 is 0 Å². The highest BCUT2D eigenvalue weighted by atomic mass is 14.9. The van der Waals surface area contributed by atoms with Gasteiger partial charge in [0.2, 0.25) is 5.69 Å². The molecule has 2 aromatic carbocycles. The summed E-state index contributed by atoms with van der Waals surface area (Å²) in [6, 6.07) is 17.9. The highest BCUT2D eigenvalue weighted by Crippen LogP contribution is 2.39. The van der Waals surface area contributed by atoms with Crippen LogP contribution in [-0.2, 0) is 12.5 Å². The van der Waals surface area contributed by atoms with Gasteiger partial charge in [-0.15, -0.1) is 0 Å². The second-order valence-electron chi connectivity index (χ2n) is 10.4. The van der Waals surface area contributed by atoms with Crippen LogP contribution in [0.15, 0.2) is 60.9 Å². The molecular weight excluding hydrogens is 388 g/mol. The van der Waals surface area contributed by atoms with E-state index in [2.05, 4.69) is 120 Å². The van der Waals surface area contributed by atoms with E-state index < -0.39 is 0 Å². The Hall–Kier alpha value is -3.00. The number of nitrogens with zero attached hydrogens (tertiary/aromatic N) is 2. The van der Waals surface area contributed by atoms with Crippen molar-refractivity contribution in [2.75, 3.05) is 0 Å². The van der Waals surface area contributed by atoms with E-state index in [1.165, 1.54) is 49.8 Å². The van der Waals surface area contributed by atoms with Crippen LogP contribution in [0.4, 0.5) is 0 Å². The molecule has 2 aromatic heterocycles. The van der Waals surface area contributed by atoms with E-state index in [0.717, 1.165) is 5.69 Å². The molecule has 4 aromatic rings. The van der Waals surface area contributed by atoms with Crippen LogP contribution in [-0.4, -0.2) is 4.98 Å². The van der Waals surface area contributed by atoms with E-state index in [1.807, 2.05) is 6.20 Å². The third-order valence-electron chi connectivity index (χ3n) is 6.60. The van der Waals surface area contributed by atoms with Crippen molar-refractivity contribution in [2.24, 2.45) is 7.05 Å². The van der Waals surface area contributed by atoms with Crippen molar-refractivity contribution in [1.82, 2.24) is 4.98 Å². The molecular formula is C30H35N2+. The normalized spacial score (nSPS) is 12.0. The van der Waals surface area contributed by atoms with Gasteiger partial charge in [0.15, 0.2) is 6.20 Å². The molecule has 32 heavy (non-hydrogen) atoms. The van der Waals surface area contributed by atoms with Crippen LogP contribution >= 0.6 is 0 Å². The molecule has 0 fully saturated rings. The van der Waals surface area contributed by atoms with Gasteiger partial charge < -0.3 is 0 Å². The van der Waals surface area contributed by atoms with Crippen LogP contribution in [0.25, 0.3) is 33.2 Å². The summed E-state index contributed by atoms with van der Waals surface area (Å²) in [6.45, 7) is 15.8. The fourth-order valence-electron chi connectivity index (χ4n) is 4.49. The Labute approximate surface area is 193 Å². The van der Waals surface area contributed by atoms with Crippen LogP contribution in [0.2, 0.25) is 0 Å². The van der Waals surface area contributed by atoms with Crippen molar-refractivity contribution < 1.29 is 4.57 Å². The van der Waals surface area contributed by atoms with Crippen molar-refractivity contribution in [3.05, 3.63) is 83.3 Å². The lowest BCUT2D eigenvalue weighted by atomic mass is 9.82. The quantitative estimate of drug-likeness (QED) is 0.313. The average Bonchev–Trinajstić information content (AvgIpc) is 2.74.